The summed E-state index contributed by atoms with van der Waals surface area (Å²) >= 11 is -0.980. The summed E-state index contributed by atoms with van der Waals surface area (Å²) in [5, 5.41) is 0. The van der Waals surface area contributed by atoms with Crippen LogP contribution >= 0.6 is 0 Å². The van der Waals surface area contributed by atoms with Gasteiger partial charge in [0, 0.05) is 11.1 Å². The Kier molecular flexibility index (Phi) is 19.1. The zero-order valence-electron chi connectivity index (χ0n) is 30.6. The van der Waals surface area contributed by atoms with E-state index in [0.29, 0.717) is 17.3 Å². The van der Waals surface area contributed by atoms with Gasteiger partial charge in [-0.25, -0.2) is 9.59 Å². The molecule has 7 nitrogen and oxygen atoms in total. The van der Waals surface area contributed by atoms with Gasteiger partial charge in [-0.1, -0.05) is 13.2 Å². The Morgan fingerprint density at radius 2 is 1.11 bits per heavy atom. The van der Waals surface area contributed by atoms with E-state index < -0.39 is 32.1 Å². The Bertz CT molecular complexity index is 1160. The topological polar surface area (TPSA) is 80.3 Å². The molecule has 2 rings (SSSR count). The Morgan fingerprint density at radius 1 is 0.702 bits per heavy atom. The first-order chi connectivity index (χ1) is 21.9. The van der Waals surface area contributed by atoms with Crippen LogP contribution in [0.25, 0.3) is 0 Å². The third kappa shape index (κ3) is 17.8. The molecule has 0 heterocycles. The molecule has 262 valence electrons. The molecule has 0 N–H and O–H groups in total. The molecule has 0 saturated carbocycles. The second-order valence-electron chi connectivity index (χ2n) is 13.4. The van der Waals surface area contributed by atoms with Crippen LogP contribution in [-0.2, 0) is 29.2 Å². The first kappa shape index (κ1) is 42.3. The Morgan fingerprint density at radius 3 is 1.40 bits per heavy atom. The van der Waals surface area contributed by atoms with E-state index >= 15 is 0 Å². The van der Waals surface area contributed by atoms with Crippen LogP contribution in [0.3, 0.4) is 0 Å². The van der Waals surface area contributed by atoms with Crippen molar-refractivity contribution in [3.05, 3.63) is 84.0 Å². The molecule has 2 aromatic carbocycles. The molecule has 2 aromatic rings. The first-order valence-corrected chi connectivity index (χ1v) is 23.3. The van der Waals surface area contributed by atoms with Crippen molar-refractivity contribution in [1.29, 1.82) is 0 Å². The quantitative estimate of drug-likeness (QED) is 0.0649. The predicted octanol–water partition coefficient (Wildman–Crippen LogP) is 9.12. The van der Waals surface area contributed by atoms with Crippen molar-refractivity contribution in [2.45, 2.75) is 106 Å². The van der Waals surface area contributed by atoms with Crippen molar-refractivity contribution >= 4 is 32.1 Å². The van der Waals surface area contributed by atoms with Gasteiger partial charge in [-0.15, -0.1) is 0 Å². The standard InChI is InChI=1S/C30H37O6.C7H16O.2CH3.Sb/c1-7-8-17-30(6,24-9-13-26(14-10-24)33-18-20-35-28(31)22(2)3)25-11-15-27(16-12-25)34-19-21-36-29(32)23(4)5;1-6(2)8-7(3,4)5;;;/h9-16H,1-2,4,7-8,17-21H2,3,5-6H3;6H,1-5H3;2*1H3;. The minimum absolute atomic E-state index is 0.0220. The molecule has 47 heavy (non-hydrogen) atoms. The van der Waals surface area contributed by atoms with Gasteiger partial charge in [0.05, 0.1) is 11.7 Å². The Labute approximate surface area is 292 Å². The van der Waals surface area contributed by atoms with E-state index in [0.717, 1.165) is 24.3 Å². The molecule has 0 aliphatic carbocycles. The number of carbonyl (C=O) groups excluding carboxylic acids is 2. The first-order valence-electron chi connectivity index (χ1n) is 16.4. The van der Waals surface area contributed by atoms with Crippen LogP contribution in [-0.4, -0.2) is 70.3 Å². The van der Waals surface area contributed by atoms with Crippen molar-refractivity contribution in [3.63, 3.8) is 0 Å². The van der Waals surface area contributed by atoms with Crippen LogP contribution in [0.15, 0.2) is 72.8 Å². The molecule has 0 spiro atoms. The van der Waals surface area contributed by atoms with Gasteiger partial charge in [0.2, 0.25) is 0 Å². The normalized spacial score (nSPS) is 11.4. The molecule has 0 saturated heterocycles. The van der Waals surface area contributed by atoms with Gasteiger partial charge in [0.25, 0.3) is 0 Å². The van der Waals surface area contributed by atoms with Crippen molar-refractivity contribution in [1.82, 2.24) is 0 Å². The van der Waals surface area contributed by atoms with E-state index in [1.54, 1.807) is 13.8 Å². The van der Waals surface area contributed by atoms with Crippen molar-refractivity contribution in [3.8, 4) is 11.5 Å². The maximum Gasteiger partial charge on any atom is 0.0601 e. The van der Waals surface area contributed by atoms with Crippen LogP contribution in [0, 0.1) is 0 Å². The molecular formula is C39H59O7Sb. The monoisotopic (exact) mass is 760 g/mol. The molecule has 0 amide bonds. The summed E-state index contributed by atoms with van der Waals surface area (Å²) in [6.07, 6.45) is 3.81. The molecule has 8 heteroatoms. The molecule has 0 atom stereocenters. The smallest absolute Gasteiger partial charge is 0.0601 e. The molecular weight excluding hydrogens is 702 g/mol. The summed E-state index contributed by atoms with van der Waals surface area (Å²) in [4.78, 5) is 27.9. The van der Waals surface area contributed by atoms with E-state index in [9.17, 15) is 9.59 Å². The van der Waals surface area contributed by atoms with Crippen LogP contribution < -0.4 is 9.47 Å². The minimum Gasteiger partial charge on any atom is -0.373 e. The van der Waals surface area contributed by atoms with Crippen molar-refractivity contribution < 1.29 is 33.3 Å². The Hall–Kier alpha value is -2.76. The number of esters is 2. The fourth-order valence-electron chi connectivity index (χ4n) is 4.74. The number of carbonyl (C=O) groups is 2. The summed E-state index contributed by atoms with van der Waals surface area (Å²) in [6, 6.07) is 16.4. The average Bonchev–Trinajstić information content (AvgIpc) is 2.98. The number of hydrogen-bond acceptors (Lipinski definition) is 7. The van der Waals surface area contributed by atoms with E-state index in [1.165, 1.54) is 21.9 Å². The minimum atomic E-state index is -0.980. The van der Waals surface area contributed by atoms with Gasteiger partial charge in [-0.3, -0.25) is 0 Å². The second kappa shape index (κ2) is 21.3. The molecule has 0 radical (unpaired) electrons. The Balaban J connectivity index is 0.00000122. The summed E-state index contributed by atoms with van der Waals surface area (Å²) in [6.45, 7) is 23.9. The SMILES string of the molecule is C=C(C)C(=O)OCCOc1ccc(C(C)(CCC[CH2][Sb]([CH3])[CH3])c2ccc(OCCOC(=O)C(=C)C)cc2)cc1.CC(C)OC(C)(C)C. The van der Waals surface area contributed by atoms with Crippen LogP contribution in [0.1, 0.15) is 85.8 Å². The van der Waals surface area contributed by atoms with Gasteiger partial charge in [0.1, 0.15) is 0 Å². The van der Waals surface area contributed by atoms with E-state index in [2.05, 4.69) is 74.9 Å². The molecule has 0 aliphatic rings. The summed E-state index contributed by atoms with van der Waals surface area (Å²) < 4.78 is 28.6. The van der Waals surface area contributed by atoms with E-state index in [1.807, 2.05) is 38.1 Å². The van der Waals surface area contributed by atoms with Gasteiger partial charge in [-0.05, 0) is 48.5 Å². The van der Waals surface area contributed by atoms with E-state index in [4.69, 9.17) is 23.7 Å². The predicted molar refractivity (Wildman–Crippen MR) is 194 cm³/mol. The van der Waals surface area contributed by atoms with Crippen LogP contribution in [0.5, 0.6) is 11.5 Å². The molecule has 0 bridgehead atoms. The fraction of sp³-hybridized carbons (Fsp3) is 0.538. The van der Waals surface area contributed by atoms with Gasteiger partial charge < -0.3 is 14.2 Å². The largest absolute Gasteiger partial charge is 0.373 e. The molecule has 0 fully saturated rings. The maximum atomic E-state index is 11.5. The molecule has 0 aliphatic heterocycles. The third-order valence-electron chi connectivity index (χ3n) is 6.97. The maximum absolute atomic E-state index is 11.5. The van der Waals surface area contributed by atoms with Gasteiger partial charge >= 0.3 is 185 Å². The fourth-order valence-corrected chi connectivity index (χ4v) is 7.18. The summed E-state index contributed by atoms with van der Waals surface area (Å²) in [5.74, 6) is 0.647. The van der Waals surface area contributed by atoms with Crippen molar-refractivity contribution in [2.75, 3.05) is 26.4 Å². The van der Waals surface area contributed by atoms with Crippen molar-refractivity contribution in [2.24, 2.45) is 0 Å². The molecule has 0 unspecified atom stereocenters. The average molecular weight is 762 g/mol. The summed E-state index contributed by atoms with van der Waals surface area (Å²) in [5.41, 5.74) is 3.03. The molecule has 0 aromatic heterocycles. The van der Waals surface area contributed by atoms with Crippen LogP contribution in [0.2, 0.25) is 14.1 Å². The number of ether oxygens (including phenoxy) is 5. The zero-order valence-corrected chi connectivity index (χ0v) is 33.1. The van der Waals surface area contributed by atoms with Crippen LogP contribution in [0.4, 0.5) is 0 Å². The second-order valence-corrected chi connectivity index (χ2v) is 20.9. The number of hydrogen-bond donors (Lipinski definition) is 0. The third-order valence-corrected chi connectivity index (χ3v) is 10.4. The zero-order chi connectivity index (χ0) is 35.6. The summed E-state index contributed by atoms with van der Waals surface area (Å²) in [7, 11) is 0. The van der Waals surface area contributed by atoms with Gasteiger partial charge in [0.15, 0.2) is 0 Å². The number of benzene rings is 2. The van der Waals surface area contributed by atoms with E-state index in [-0.39, 0.29) is 37.4 Å². The number of rotatable bonds is 18. The van der Waals surface area contributed by atoms with Gasteiger partial charge in [-0.2, -0.15) is 0 Å². The number of unbranched alkanes of at least 4 members (excludes halogenated alkanes) is 1.